The van der Waals surface area contributed by atoms with Gasteiger partial charge in [-0.05, 0) is 60.4 Å². The standard InChI is InChI=1S/C28H31N7O3S/c1-39(37,38)34-17-15-33(16-18-34)19-20-4-6-21(7-5-20)25-3-2-14-35-26(25)31-28(32-35)30-24-10-8-22(9-11-24)27(36)29-23-12-13-23/h2-11,14,23H,12-13,15-19H2,1H3,(H,29,36)(H,30,32). The Morgan fingerprint density at radius 1 is 0.974 bits per heavy atom. The van der Waals surface area contributed by atoms with Gasteiger partial charge < -0.3 is 10.6 Å². The van der Waals surface area contributed by atoms with Gasteiger partial charge in [-0.15, -0.1) is 5.10 Å². The topological polar surface area (TPSA) is 112 Å². The number of hydrogen-bond acceptors (Lipinski definition) is 7. The highest BCUT2D eigenvalue weighted by molar-refractivity contribution is 7.88. The first-order valence-electron chi connectivity index (χ1n) is 13.1. The van der Waals surface area contributed by atoms with E-state index in [-0.39, 0.29) is 5.91 Å². The minimum Gasteiger partial charge on any atom is -0.349 e. The zero-order valence-corrected chi connectivity index (χ0v) is 22.6. The molecular formula is C28H31N7O3S. The van der Waals surface area contributed by atoms with E-state index < -0.39 is 10.0 Å². The Morgan fingerprint density at radius 2 is 1.69 bits per heavy atom. The molecule has 0 unspecified atom stereocenters. The van der Waals surface area contributed by atoms with Crippen LogP contribution in [0.5, 0.6) is 0 Å². The summed E-state index contributed by atoms with van der Waals surface area (Å²) in [5, 5.41) is 10.8. The second-order valence-corrected chi connectivity index (χ2v) is 12.2. The summed E-state index contributed by atoms with van der Waals surface area (Å²) in [5.41, 5.74) is 5.37. The second-order valence-electron chi connectivity index (χ2n) is 10.2. The lowest BCUT2D eigenvalue weighted by molar-refractivity contribution is 0.0951. The highest BCUT2D eigenvalue weighted by Crippen LogP contribution is 2.26. The quantitative estimate of drug-likeness (QED) is 0.350. The minimum absolute atomic E-state index is 0.0416. The Hall–Kier alpha value is -3.80. The SMILES string of the molecule is CS(=O)(=O)N1CCN(Cc2ccc(-c3cccn4nc(Nc5ccc(C(=O)NC6CC6)cc5)nc34)cc2)CC1. The van der Waals surface area contributed by atoms with Crippen LogP contribution in [0.1, 0.15) is 28.8 Å². The Labute approximate surface area is 227 Å². The molecule has 1 aliphatic carbocycles. The third kappa shape index (κ3) is 5.95. The Bertz CT molecular complexity index is 1590. The van der Waals surface area contributed by atoms with Crippen LogP contribution in [-0.2, 0) is 16.6 Å². The average molecular weight is 546 g/mol. The van der Waals surface area contributed by atoms with E-state index >= 15 is 0 Å². The number of sulfonamides is 1. The lowest BCUT2D eigenvalue weighted by Gasteiger charge is -2.33. The number of aromatic nitrogens is 3. The molecule has 1 aliphatic heterocycles. The molecule has 10 nitrogen and oxygen atoms in total. The maximum absolute atomic E-state index is 12.2. The maximum atomic E-state index is 12.2. The molecule has 0 radical (unpaired) electrons. The number of carbonyl (C=O) groups excluding carboxylic acids is 1. The van der Waals surface area contributed by atoms with Crippen LogP contribution in [0.15, 0.2) is 66.9 Å². The van der Waals surface area contributed by atoms with Gasteiger partial charge in [-0.2, -0.15) is 9.29 Å². The molecule has 11 heteroatoms. The summed E-state index contributed by atoms with van der Waals surface area (Å²) in [6.45, 7) is 3.28. The van der Waals surface area contributed by atoms with E-state index in [2.05, 4.69) is 44.9 Å². The molecular weight excluding hydrogens is 514 g/mol. The van der Waals surface area contributed by atoms with Gasteiger partial charge in [-0.3, -0.25) is 9.69 Å². The van der Waals surface area contributed by atoms with Crippen LogP contribution in [0.4, 0.5) is 11.6 Å². The van der Waals surface area contributed by atoms with Crippen molar-refractivity contribution in [2.75, 3.05) is 37.8 Å². The van der Waals surface area contributed by atoms with Crippen molar-refractivity contribution in [2.24, 2.45) is 0 Å². The molecule has 2 fully saturated rings. The van der Waals surface area contributed by atoms with Crippen LogP contribution < -0.4 is 10.6 Å². The number of nitrogens with zero attached hydrogens (tertiary/aromatic N) is 5. The number of hydrogen-bond donors (Lipinski definition) is 2. The van der Waals surface area contributed by atoms with E-state index in [0.717, 1.165) is 54.9 Å². The summed E-state index contributed by atoms with van der Waals surface area (Å²) in [6.07, 6.45) is 5.26. The van der Waals surface area contributed by atoms with Crippen LogP contribution in [0.25, 0.3) is 16.8 Å². The third-order valence-electron chi connectivity index (χ3n) is 7.15. The van der Waals surface area contributed by atoms with Crippen molar-refractivity contribution in [3.05, 3.63) is 78.0 Å². The molecule has 2 N–H and O–H groups in total. The smallest absolute Gasteiger partial charge is 0.251 e. The van der Waals surface area contributed by atoms with Crippen LogP contribution in [0.3, 0.4) is 0 Å². The lowest BCUT2D eigenvalue weighted by Crippen LogP contribution is -2.47. The van der Waals surface area contributed by atoms with Crippen LogP contribution >= 0.6 is 0 Å². The lowest BCUT2D eigenvalue weighted by atomic mass is 10.0. The number of carbonyl (C=O) groups is 1. The number of piperazine rings is 1. The van der Waals surface area contributed by atoms with E-state index in [9.17, 15) is 13.2 Å². The van der Waals surface area contributed by atoms with Gasteiger partial charge >= 0.3 is 0 Å². The molecule has 202 valence electrons. The van der Waals surface area contributed by atoms with Crippen molar-refractivity contribution >= 4 is 33.2 Å². The largest absolute Gasteiger partial charge is 0.349 e. The summed E-state index contributed by atoms with van der Waals surface area (Å²) in [4.78, 5) is 19.2. The van der Waals surface area contributed by atoms with Gasteiger partial charge in [0.15, 0.2) is 5.65 Å². The maximum Gasteiger partial charge on any atom is 0.251 e. The summed E-state index contributed by atoms with van der Waals surface area (Å²) < 4.78 is 26.8. The van der Waals surface area contributed by atoms with E-state index in [1.165, 1.54) is 11.8 Å². The number of pyridine rings is 1. The monoisotopic (exact) mass is 545 g/mol. The first-order valence-corrected chi connectivity index (χ1v) is 15.0. The van der Waals surface area contributed by atoms with Crippen molar-refractivity contribution < 1.29 is 13.2 Å². The Balaban J connectivity index is 1.12. The summed E-state index contributed by atoms with van der Waals surface area (Å²) in [6, 6.07) is 20.0. The molecule has 1 amide bonds. The molecule has 0 bridgehead atoms. The fourth-order valence-corrected chi connectivity index (χ4v) is 5.61. The number of benzene rings is 2. The van der Waals surface area contributed by atoms with Crippen molar-refractivity contribution in [3.63, 3.8) is 0 Å². The van der Waals surface area contributed by atoms with Crippen molar-refractivity contribution in [1.29, 1.82) is 0 Å². The van der Waals surface area contributed by atoms with Gasteiger partial charge in [-0.1, -0.05) is 24.3 Å². The van der Waals surface area contributed by atoms with E-state index in [4.69, 9.17) is 4.98 Å². The molecule has 0 spiro atoms. The molecule has 4 aromatic rings. The first kappa shape index (κ1) is 25.5. The van der Waals surface area contributed by atoms with Gasteiger partial charge in [0, 0.05) is 61.8 Å². The fourth-order valence-electron chi connectivity index (χ4n) is 4.78. The van der Waals surface area contributed by atoms with E-state index in [1.807, 2.05) is 30.5 Å². The number of fused-ring (bicyclic) bond motifs is 1. The average Bonchev–Trinajstić information content (AvgIpc) is 3.64. The van der Waals surface area contributed by atoms with Gasteiger partial charge in [-0.25, -0.2) is 12.9 Å². The van der Waals surface area contributed by atoms with E-state index in [1.54, 1.807) is 21.0 Å². The van der Waals surface area contributed by atoms with Gasteiger partial charge in [0.25, 0.3) is 5.91 Å². The van der Waals surface area contributed by atoms with Crippen LogP contribution in [0, 0.1) is 0 Å². The van der Waals surface area contributed by atoms with Gasteiger partial charge in [0.2, 0.25) is 16.0 Å². The highest BCUT2D eigenvalue weighted by Gasteiger charge is 2.24. The van der Waals surface area contributed by atoms with Crippen molar-refractivity contribution in [2.45, 2.75) is 25.4 Å². The molecule has 1 saturated heterocycles. The molecule has 6 rings (SSSR count). The minimum atomic E-state index is -3.12. The van der Waals surface area contributed by atoms with Crippen molar-refractivity contribution in [1.82, 2.24) is 29.1 Å². The predicted octanol–water partition coefficient (Wildman–Crippen LogP) is 3.11. The second kappa shape index (κ2) is 10.4. The molecule has 1 saturated carbocycles. The molecule has 3 heterocycles. The van der Waals surface area contributed by atoms with Gasteiger partial charge in [0.1, 0.15) is 0 Å². The number of nitrogens with one attached hydrogen (secondary N) is 2. The summed E-state index contributed by atoms with van der Waals surface area (Å²) >= 11 is 0. The number of amides is 1. The fraction of sp³-hybridized carbons (Fsp3) is 0.321. The van der Waals surface area contributed by atoms with E-state index in [0.29, 0.717) is 30.6 Å². The van der Waals surface area contributed by atoms with Crippen LogP contribution in [0.2, 0.25) is 0 Å². The summed E-state index contributed by atoms with van der Waals surface area (Å²) in [5.74, 6) is 0.433. The Kier molecular flexibility index (Phi) is 6.79. The van der Waals surface area contributed by atoms with Gasteiger partial charge in [0.05, 0.1) is 6.26 Å². The molecule has 2 aromatic carbocycles. The Morgan fingerprint density at radius 3 is 2.36 bits per heavy atom. The molecule has 2 aromatic heterocycles. The zero-order valence-electron chi connectivity index (χ0n) is 21.7. The number of rotatable bonds is 8. The molecule has 39 heavy (non-hydrogen) atoms. The number of anilines is 2. The zero-order chi connectivity index (χ0) is 27.0. The van der Waals surface area contributed by atoms with Crippen molar-refractivity contribution in [3.8, 4) is 11.1 Å². The van der Waals surface area contributed by atoms with Crippen LogP contribution in [-0.4, -0.2) is 76.6 Å². The highest BCUT2D eigenvalue weighted by atomic mass is 32.2. The summed E-state index contributed by atoms with van der Waals surface area (Å²) in [7, 11) is -3.12. The third-order valence-corrected chi connectivity index (χ3v) is 8.45. The normalized spacial score (nSPS) is 16.8. The predicted molar refractivity (Wildman–Crippen MR) is 150 cm³/mol. The molecule has 0 atom stereocenters. The first-order chi connectivity index (χ1) is 18.8. The molecule has 2 aliphatic rings.